The van der Waals surface area contributed by atoms with Crippen molar-refractivity contribution in [1.82, 2.24) is 20.9 Å². The predicted octanol–water partition coefficient (Wildman–Crippen LogP) is -0.0219. The first kappa shape index (κ1) is 29.1. The van der Waals surface area contributed by atoms with Gasteiger partial charge in [0.05, 0.1) is 6.61 Å². The number of hydrogen-bond donors (Lipinski definition) is 7. The van der Waals surface area contributed by atoms with E-state index in [9.17, 15) is 24.3 Å². The molecule has 0 fully saturated rings. The zero-order valence-corrected chi connectivity index (χ0v) is 21.4. The Labute approximate surface area is 214 Å². The third-order valence-electron chi connectivity index (χ3n) is 5.74. The third-order valence-corrected chi connectivity index (χ3v) is 6.38. The predicted molar refractivity (Wildman–Crippen MR) is 138 cm³/mol. The first-order valence-corrected chi connectivity index (χ1v) is 13.0. The van der Waals surface area contributed by atoms with Crippen molar-refractivity contribution in [3.63, 3.8) is 0 Å². The molecule has 12 heteroatoms. The van der Waals surface area contributed by atoms with Gasteiger partial charge >= 0.3 is 5.97 Å². The number of H-pyrrole nitrogens is 1. The Kier molecular flexibility index (Phi) is 11.2. The maximum absolute atomic E-state index is 13.1. The molecule has 2 aromatic rings. The lowest BCUT2D eigenvalue weighted by Gasteiger charge is -2.27. The molecule has 0 spiro atoms. The van der Waals surface area contributed by atoms with E-state index in [2.05, 4.69) is 20.9 Å². The van der Waals surface area contributed by atoms with Gasteiger partial charge in [-0.25, -0.2) is 4.79 Å². The molecule has 198 valence electrons. The van der Waals surface area contributed by atoms with Gasteiger partial charge in [-0.1, -0.05) is 32.0 Å². The number of aliphatic hydroxyl groups is 1. The van der Waals surface area contributed by atoms with Crippen LogP contribution >= 0.6 is 11.8 Å². The zero-order valence-electron chi connectivity index (χ0n) is 20.6. The number of nitrogens with one attached hydrogen (secondary N) is 4. The molecule has 0 saturated heterocycles. The quantitative estimate of drug-likeness (QED) is 0.181. The average Bonchev–Trinajstić information content (AvgIpc) is 3.26. The summed E-state index contributed by atoms with van der Waals surface area (Å²) in [6.07, 6.45) is 3.89. The van der Waals surface area contributed by atoms with Crippen LogP contribution in [0.4, 0.5) is 0 Å². The van der Waals surface area contributed by atoms with Gasteiger partial charge in [0.25, 0.3) is 0 Å². The van der Waals surface area contributed by atoms with Crippen LogP contribution in [0.5, 0.6) is 0 Å². The Hall–Kier alpha value is -3.09. The van der Waals surface area contributed by atoms with E-state index in [0.29, 0.717) is 5.75 Å². The number of fused-ring (bicyclic) bond motifs is 1. The first-order valence-electron chi connectivity index (χ1n) is 11.6. The molecule has 0 aliphatic heterocycles. The summed E-state index contributed by atoms with van der Waals surface area (Å²) >= 11 is 1.47. The number of carboxylic acid groups (broad SMARTS) is 1. The lowest BCUT2D eigenvalue weighted by atomic mass is 10.0. The van der Waals surface area contributed by atoms with Gasteiger partial charge in [0.15, 0.2) is 0 Å². The topological polar surface area (TPSA) is 187 Å². The summed E-state index contributed by atoms with van der Waals surface area (Å²) in [5.74, 6) is -2.95. The Balaban J connectivity index is 2.14. The number of para-hydroxylation sites is 1. The molecular weight excluding hydrogens is 486 g/mol. The number of hydrogen-bond acceptors (Lipinski definition) is 7. The van der Waals surface area contributed by atoms with Crippen LogP contribution in [-0.4, -0.2) is 81.7 Å². The number of carbonyl (C=O) groups is 4. The van der Waals surface area contributed by atoms with Gasteiger partial charge < -0.3 is 36.9 Å². The molecule has 4 unspecified atom stereocenters. The number of aliphatic hydroxyl groups excluding tert-OH is 1. The fourth-order valence-corrected chi connectivity index (χ4v) is 4.11. The molecule has 1 aromatic carbocycles. The summed E-state index contributed by atoms with van der Waals surface area (Å²) in [5, 5.41) is 27.4. The van der Waals surface area contributed by atoms with Gasteiger partial charge in [-0.3, -0.25) is 14.4 Å². The van der Waals surface area contributed by atoms with Gasteiger partial charge in [0.2, 0.25) is 17.7 Å². The number of aromatic nitrogens is 1. The number of amides is 3. The monoisotopic (exact) mass is 521 g/mol. The molecule has 2 rings (SSSR count). The summed E-state index contributed by atoms with van der Waals surface area (Å²) in [5.41, 5.74) is 7.14. The van der Waals surface area contributed by atoms with Crippen LogP contribution in [-0.2, 0) is 25.6 Å². The number of aliphatic carboxylic acids is 1. The van der Waals surface area contributed by atoms with Crippen molar-refractivity contribution in [2.75, 3.05) is 18.6 Å². The van der Waals surface area contributed by atoms with E-state index in [1.165, 1.54) is 11.8 Å². The van der Waals surface area contributed by atoms with Crippen LogP contribution in [0.25, 0.3) is 10.9 Å². The van der Waals surface area contributed by atoms with Crippen molar-refractivity contribution < 1.29 is 29.4 Å². The summed E-state index contributed by atoms with van der Waals surface area (Å²) < 4.78 is 0. The van der Waals surface area contributed by atoms with Crippen LogP contribution in [0.2, 0.25) is 0 Å². The highest BCUT2D eigenvalue weighted by Crippen LogP contribution is 2.19. The van der Waals surface area contributed by atoms with E-state index < -0.39 is 54.5 Å². The van der Waals surface area contributed by atoms with Crippen LogP contribution in [0.1, 0.15) is 25.8 Å². The van der Waals surface area contributed by atoms with Crippen molar-refractivity contribution in [3.8, 4) is 0 Å². The third kappa shape index (κ3) is 7.97. The fraction of sp³-hybridized carbons (Fsp3) is 0.500. The minimum atomic E-state index is -1.22. The maximum atomic E-state index is 13.1. The number of thioether (sulfide) groups is 1. The van der Waals surface area contributed by atoms with E-state index in [-0.39, 0.29) is 18.8 Å². The molecule has 0 bridgehead atoms. The van der Waals surface area contributed by atoms with E-state index in [4.69, 9.17) is 10.8 Å². The Morgan fingerprint density at radius 2 is 1.69 bits per heavy atom. The maximum Gasteiger partial charge on any atom is 0.326 e. The van der Waals surface area contributed by atoms with Gasteiger partial charge in [0.1, 0.15) is 24.2 Å². The second-order valence-electron chi connectivity index (χ2n) is 8.83. The fourth-order valence-electron chi connectivity index (χ4n) is 3.64. The first-order chi connectivity index (χ1) is 17.1. The summed E-state index contributed by atoms with van der Waals surface area (Å²) in [6.45, 7) is 2.86. The molecule has 0 radical (unpaired) electrons. The van der Waals surface area contributed by atoms with Crippen LogP contribution in [0, 0.1) is 5.92 Å². The van der Waals surface area contributed by atoms with Gasteiger partial charge in [0, 0.05) is 23.5 Å². The number of nitrogens with two attached hydrogens (primary N) is 1. The zero-order chi connectivity index (χ0) is 26.8. The van der Waals surface area contributed by atoms with Crippen molar-refractivity contribution >= 4 is 46.4 Å². The molecule has 0 saturated carbocycles. The number of aromatic amines is 1. The molecule has 0 aliphatic carbocycles. The lowest BCUT2D eigenvalue weighted by molar-refractivity contribution is -0.142. The molecule has 1 heterocycles. The molecule has 3 amide bonds. The van der Waals surface area contributed by atoms with Crippen molar-refractivity contribution in [1.29, 1.82) is 0 Å². The average molecular weight is 522 g/mol. The highest BCUT2D eigenvalue weighted by atomic mass is 32.2. The van der Waals surface area contributed by atoms with Gasteiger partial charge in [-0.05, 0) is 36.0 Å². The molecule has 0 aliphatic rings. The van der Waals surface area contributed by atoms with Crippen LogP contribution < -0.4 is 21.7 Å². The van der Waals surface area contributed by atoms with E-state index in [1.807, 2.05) is 30.5 Å². The molecule has 36 heavy (non-hydrogen) atoms. The lowest BCUT2D eigenvalue weighted by Crippen LogP contribution is -2.59. The minimum Gasteiger partial charge on any atom is -0.480 e. The van der Waals surface area contributed by atoms with Gasteiger partial charge in [-0.2, -0.15) is 11.8 Å². The Morgan fingerprint density at radius 1 is 1.03 bits per heavy atom. The van der Waals surface area contributed by atoms with Crippen molar-refractivity contribution in [2.24, 2.45) is 11.7 Å². The smallest absolute Gasteiger partial charge is 0.326 e. The second kappa shape index (κ2) is 13.9. The highest BCUT2D eigenvalue weighted by Gasteiger charge is 2.32. The number of rotatable bonds is 14. The number of carboxylic acids is 1. The highest BCUT2D eigenvalue weighted by molar-refractivity contribution is 7.98. The minimum absolute atomic E-state index is 0.0509. The Morgan fingerprint density at radius 3 is 2.31 bits per heavy atom. The van der Waals surface area contributed by atoms with Crippen molar-refractivity contribution in [2.45, 2.75) is 50.9 Å². The summed E-state index contributed by atoms with van der Waals surface area (Å²) in [4.78, 5) is 53.3. The molecule has 4 atom stereocenters. The van der Waals surface area contributed by atoms with Crippen LogP contribution in [0.15, 0.2) is 30.5 Å². The number of carbonyl (C=O) groups excluding carboxylic acids is 3. The van der Waals surface area contributed by atoms with E-state index in [1.54, 1.807) is 20.0 Å². The number of benzene rings is 1. The summed E-state index contributed by atoms with van der Waals surface area (Å²) in [6, 6.07) is 3.03. The van der Waals surface area contributed by atoms with Crippen LogP contribution in [0.3, 0.4) is 0 Å². The summed E-state index contributed by atoms with van der Waals surface area (Å²) in [7, 11) is 0. The molecule has 11 nitrogen and oxygen atoms in total. The SMILES string of the molecule is CSCCC(NC(=O)C(N)CO)C(=O)NC(C(=O)NC(Cc1c[nH]c2ccccc12)C(=O)O)C(C)C. The van der Waals surface area contributed by atoms with Crippen molar-refractivity contribution in [3.05, 3.63) is 36.0 Å². The largest absolute Gasteiger partial charge is 0.480 e. The molecule has 8 N–H and O–H groups in total. The Bertz CT molecular complexity index is 1060. The van der Waals surface area contributed by atoms with E-state index in [0.717, 1.165) is 16.5 Å². The van der Waals surface area contributed by atoms with Gasteiger partial charge in [-0.15, -0.1) is 0 Å². The molecular formula is C24H35N5O6S. The second-order valence-corrected chi connectivity index (χ2v) is 9.81. The normalized spacial score (nSPS) is 14.6. The van der Waals surface area contributed by atoms with E-state index >= 15 is 0 Å². The standard InChI is InChI=1S/C24H35N5O6S/c1-13(2)20(29-22(32)18(8-9-36-3)27-21(31)16(25)12-30)23(33)28-19(24(34)35)10-14-11-26-17-7-5-4-6-15(14)17/h4-7,11,13,16,18-20,26,30H,8-10,12,25H2,1-3H3,(H,27,31)(H,28,33)(H,29,32)(H,34,35). The molecule has 1 aromatic heterocycles.